The van der Waals surface area contributed by atoms with Gasteiger partial charge in [0, 0.05) is 13.1 Å². The monoisotopic (exact) mass is 294 g/mol. The molecule has 1 N–H and O–H groups in total. The molecule has 0 aliphatic carbocycles. The highest BCUT2D eigenvalue weighted by molar-refractivity contribution is 7.94. The quantitative estimate of drug-likeness (QED) is 0.940. The summed E-state index contributed by atoms with van der Waals surface area (Å²) < 4.78 is 25.8. The van der Waals surface area contributed by atoms with Crippen LogP contribution in [0.5, 0.6) is 5.75 Å². The highest BCUT2D eigenvalue weighted by Crippen LogP contribution is 2.28. The predicted molar refractivity (Wildman–Crippen MR) is 72.7 cm³/mol. The SMILES string of the molecule is CN(c1cccc(O)c1)S(=O)(=O)c1ccc(C#N)s1. The lowest BCUT2D eigenvalue weighted by Gasteiger charge is -2.18. The molecule has 0 amide bonds. The van der Waals surface area contributed by atoms with Gasteiger partial charge in [-0.2, -0.15) is 5.26 Å². The molecule has 0 aliphatic rings. The number of hydrogen-bond acceptors (Lipinski definition) is 5. The van der Waals surface area contributed by atoms with Crippen molar-refractivity contribution in [1.82, 2.24) is 0 Å². The van der Waals surface area contributed by atoms with E-state index in [0.29, 0.717) is 10.6 Å². The highest BCUT2D eigenvalue weighted by Gasteiger charge is 2.23. The van der Waals surface area contributed by atoms with Crippen LogP contribution >= 0.6 is 11.3 Å². The van der Waals surface area contributed by atoms with Crippen LogP contribution in [0.4, 0.5) is 5.69 Å². The zero-order valence-corrected chi connectivity index (χ0v) is 11.6. The van der Waals surface area contributed by atoms with Crippen molar-refractivity contribution < 1.29 is 13.5 Å². The average molecular weight is 294 g/mol. The van der Waals surface area contributed by atoms with Crippen molar-refractivity contribution in [3.05, 3.63) is 41.3 Å². The van der Waals surface area contributed by atoms with Gasteiger partial charge >= 0.3 is 0 Å². The standard InChI is InChI=1S/C12H10N2O3S2/c1-14(9-3-2-4-10(15)7-9)19(16,17)12-6-5-11(8-13)18-12/h2-7,15H,1H3. The Bertz CT molecular complexity index is 744. The Morgan fingerprint density at radius 2 is 2.05 bits per heavy atom. The minimum Gasteiger partial charge on any atom is -0.508 e. The molecule has 0 radical (unpaired) electrons. The molecular formula is C12H10N2O3S2. The summed E-state index contributed by atoms with van der Waals surface area (Å²) in [4.78, 5) is 0.336. The predicted octanol–water partition coefficient (Wildman–Crippen LogP) is 2.15. The molecule has 0 saturated heterocycles. The van der Waals surface area contributed by atoms with E-state index in [1.54, 1.807) is 12.1 Å². The van der Waals surface area contributed by atoms with Crippen molar-refractivity contribution in [3.63, 3.8) is 0 Å². The first-order chi connectivity index (χ1) is 8.95. The molecule has 0 aliphatic heterocycles. The molecule has 2 aromatic rings. The van der Waals surface area contributed by atoms with E-state index in [-0.39, 0.29) is 9.96 Å². The first-order valence-electron chi connectivity index (χ1n) is 5.23. The van der Waals surface area contributed by atoms with E-state index in [0.717, 1.165) is 15.6 Å². The second-order valence-corrected chi connectivity index (χ2v) is 7.00. The minimum atomic E-state index is -3.71. The van der Waals surface area contributed by atoms with Crippen molar-refractivity contribution in [2.45, 2.75) is 4.21 Å². The van der Waals surface area contributed by atoms with Crippen molar-refractivity contribution >= 4 is 27.0 Å². The van der Waals surface area contributed by atoms with Gasteiger partial charge < -0.3 is 5.11 Å². The first kappa shape index (κ1) is 13.4. The van der Waals surface area contributed by atoms with E-state index in [1.807, 2.05) is 6.07 Å². The van der Waals surface area contributed by atoms with Crippen LogP contribution in [0.3, 0.4) is 0 Å². The van der Waals surface area contributed by atoms with E-state index in [1.165, 1.54) is 31.3 Å². The lowest BCUT2D eigenvalue weighted by atomic mass is 10.3. The Hall–Kier alpha value is -2.04. The maximum Gasteiger partial charge on any atom is 0.273 e. The number of aromatic hydroxyl groups is 1. The molecule has 0 spiro atoms. The zero-order valence-electron chi connectivity index (χ0n) is 9.94. The summed E-state index contributed by atoms with van der Waals surface area (Å²) in [5.74, 6) is -0.0107. The van der Waals surface area contributed by atoms with Crippen molar-refractivity contribution in [1.29, 1.82) is 5.26 Å². The minimum absolute atomic E-state index is 0.0107. The number of anilines is 1. The molecule has 0 fully saturated rings. The Labute approximate surface area is 115 Å². The molecular weight excluding hydrogens is 284 g/mol. The Balaban J connectivity index is 2.42. The van der Waals surface area contributed by atoms with E-state index in [4.69, 9.17) is 5.26 Å². The third-order valence-electron chi connectivity index (χ3n) is 2.50. The lowest BCUT2D eigenvalue weighted by Crippen LogP contribution is -2.25. The van der Waals surface area contributed by atoms with Crippen molar-refractivity contribution in [2.75, 3.05) is 11.4 Å². The molecule has 7 heteroatoms. The van der Waals surface area contributed by atoms with Crippen LogP contribution in [-0.2, 0) is 10.0 Å². The fourth-order valence-corrected chi connectivity index (χ4v) is 3.94. The van der Waals surface area contributed by atoms with Gasteiger partial charge in [-0.25, -0.2) is 8.42 Å². The average Bonchev–Trinajstić information content (AvgIpc) is 2.87. The smallest absolute Gasteiger partial charge is 0.273 e. The number of sulfonamides is 1. The summed E-state index contributed by atoms with van der Waals surface area (Å²) in [5.41, 5.74) is 0.354. The summed E-state index contributed by atoms with van der Waals surface area (Å²) in [5, 5.41) is 18.1. The number of hydrogen-bond donors (Lipinski definition) is 1. The molecule has 0 unspecified atom stereocenters. The van der Waals surface area contributed by atoms with Crippen LogP contribution in [0.25, 0.3) is 0 Å². The number of rotatable bonds is 3. The second-order valence-electron chi connectivity index (χ2n) is 3.72. The van der Waals surface area contributed by atoms with Crippen LogP contribution in [0, 0.1) is 11.3 Å². The van der Waals surface area contributed by atoms with Gasteiger partial charge in [0.15, 0.2) is 0 Å². The molecule has 1 aromatic heterocycles. The van der Waals surface area contributed by atoms with Crippen molar-refractivity contribution in [3.8, 4) is 11.8 Å². The zero-order chi connectivity index (χ0) is 14.0. The van der Waals surface area contributed by atoms with E-state index in [9.17, 15) is 13.5 Å². The molecule has 1 heterocycles. The van der Waals surface area contributed by atoms with Crippen molar-refractivity contribution in [2.24, 2.45) is 0 Å². The van der Waals surface area contributed by atoms with Gasteiger partial charge in [0.1, 0.15) is 20.9 Å². The number of nitriles is 1. The van der Waals surface area contributed by atoms with Gasteiger partial charge in [-0.1, -0.05) is 6.07 Å². The summed E-state index contributed by atoms with van der Waals surface area (Å²) in [6.07, 6.45) is 0. The fourth-order valence-electron chi connectivity index (χ4n) is 1.48. The summed E-state index contributed by atoms with van der Waals surface area (Å²) >= 11 is 0.914. The topological polar surface area (TPSA) is 81.4 Å². The molecule has 1 aromatic carbocycles. The molecule has 0 saturated carbocycles. The van der Waals surface area contributed by atoms with Crippen LogP contribution in [0.1, 0.15) is 4.88 Å². The summed E-state index contributed by atoms with van der Waals surface area (Å²) in [7, 11) is -2.31. The number of thiophene rings is 1. The molecule has 5 nitrogen and oxygen atoms in total. The van der Waals surface area contributed by atoms with E-state index in [2.05, 4.69) is 0 Å². The number of benzene rings is 1. The molecule has 0 atom stereocenters. The van der Waals surface area contributed by atoms with Gasteiger partial charge in [-0.05, 0) is 24.3 Å². The molecule has 19 heavy (non-hydrogen) atoms. The Morgan fingerprint density at radius 1 is 1.32 bits per heavy atom. The highest BCUT2D eigenvalue weighted by atomic mass is 32.2. The maximum atomic E-state index is 12.3. The molecule has 0 bridgehead atoms. The summed E-state index contributed by atoms with van der Waals surface area (Å²) in [6.45, 7) is 0. The Kier molecular flexibility index (Phi) is 3.46. The van der Waals surface area contributed by atoms with Gasteiger partial charge in [0.05, 0.1) is 5.69 Å². The van der Waals surface area contributed by atoms with Crippen LogP contribution in [0.15, 0.2) is 40.6 Å². The second kappa shape index (κ2) is 4.91. The Morgan fingerprint density at radius 3 is 2.63 bits per heavy atom. The largest absolute Gasteiger partial charge is 0.508 e. The van der Waals surface area contributed by atoms with Crippen LogP contribution < -0.4 is 4.31 Å². The molecule has 98 valence electrons. The first-order valence-corrected chi connectivity index (χ1v) is 7.48. The molecule has 2 rings (SSSR count). The lowest BCUT2D eigenvalue weighted by molar-refractivity contribution is 0.475. The maximum absolute atomic E-state index is 12.3. The number of phenolic OH excluding ortho intramolecular Hbond substituents is 1. The van der Waals surface area contributed by atoms with Gasteiger partial charge in [0.2, 0.25) is 0 Å². The van der Waals surface area contributed by atoms with Crippen LogP contribution in [0.2, 0.25) is 0 Å². The number of nitrogens with zero attached hydrogens (tertiary/aromatic N) is 2. The van der Waals surface area contributed by atoms with Gasteiger partial charge in [-0.3, -0.25) is 4.31 Å². The van der Waals surface area contributed by atoms with Gasteiger partial charge in [0.25, 0.3) is 10.0 Å². The normalized spacial score (nSPS) is 10.9. The third-order valence-corrected chi connectivity index (χ3v) is 5.74. The summed E-state index contributed by atoms with van der Waals surface area (Å²) in [6, 6.07) is 10.7. The van der Waals surface area contributed by atoms with Crippen LogP contribution in [-0.4, -0.2) is 20.6 Å². The van der Waals surface area contributed by atoms with Gasteiger partial charge in [-0.15, -0.1) is 11.3 Å². The number of phenols is 1. The fraction of sp³-hybridized carbons (Fsp3) is 0.0833. The van der Waals surface area contributed by atoms with E-state index < -0.39 is 10.0 Å². The van der Waals surface area contributed by atoms with E-state index >= 15 is 0 Å². The third kappa shape index (κ3) is 2.54.